The molecule has 1 N–H and O–H groups in total. The maximum absolute atomic E-state index is 5.58. The monoisotopic (exact) mass is 215 g/mol. The summed E-state index contributed by atoms with van der Waals surface area (Å²) >= 11 is 0. The highest BCUT2D eigenvalue weighted by Gasteiger charge is 2.35. The predicted octanol–water partition coefficient (Wildman–Crippen LogP) is 0.764. The summed E-state index contributed by atoms with van der Waals surface area (Å²) in [6.07, 6.45) is 0. The van der Waals surface area contributed by atoms with Gasteiger partial charge in [0, 0.05) is 12.0 Å². The summed E-state index contributed by atoms with van der Waals surface area (Å²) in [5.74, 6) is -0.415. The van der Waals surface area contributed by atoms with Gasteiger partial charge in [-0.1, -0.05) is 6.92 Å². The van der Waals surface area contributed by atoms with Crippen molar-refractivity contribution < 1.29 is 14.2 Å². The molecule has 0 saturated carbocycles. The van der Waals surface area contributed by atoms with Crippen LogP contribution in [0, 0.1) is 5.41 Å². The van der Waals surface area contributed by atoms with Crippen LogP contribution in [0.15, 0.2) is 0 Å². The van der Waals surface area contributed by atoms with Gasteiger partial charge in [0.05, 0.1) is 32.5 Å². The minimum atomic E-state index is -0.415. The first kappa shape index (κ1) is 11.3. The van der Waals surface area contributed by atoms with E-state index < -0.39 is 5.79 Å². The quantitative estimate of drug-likeness (QED) is 0.754. The summed E-state index contributed by atoms with van der Waals surface area (Å²) in [5.41, 5.74) is 0.312. The van der Waals surface area contributed by atoms with Crippen LogP contribution < -0.4 is 5.32 Å². The lowest BCUT2D eigenvalue weighted by atomic mass is 9.88. The summed E-state index contributed by atoms with van der Waals surface area (Å²) in [7, 11) is 0. The number of hydrogen-bond acceptors (Lipinski definition) is 4. The van der Waals surface area contributed by atoms with E-state index in [1.54, 1.807) is 0 Å². The normalized spacial score (nSPS) is 29.8. The van der Waals surface area contributed by atoms with E-state index in [-0.39, 0.29) is 0 Å². The van der Waals surface area contributed by atoms with E-state index in [1.807, 2.05) is 13.8 Å². The van der Waals surface area contributed by atoms with Gasteiger partial charge in [0.15, 0.2) is 5.79 Å². The maximum Gasteiger partial charge on any atom is 0.162 e. The molecule has 88 valence electrons. The van der Waals surface area contributed by atoms with Crippen LogP contribution in [0.5, 0.6) is 0 Å². The van der Waals surface area contributed by atoms with Crippen molar-refractivity contribution in [2.75, 3.05) is 33.0 Å². The maximum atomic E-state index is 5.58. The Kier molecular flexibility index (Phi) is 3.03. The van der Waals surface area contributed by atoms with Crippen LogP contribution in [-0.2, 0) is 14.2 Å². The molecule has 4 nitrogen and oxygen atoms in total. The average molecular weight is 215 g/mol. The van der Waals surface area contributed by atoms with Crippen LogP contribution >= 0.6 is 0 Å². The summed E-state index contributed by atoms with van der Waals surface area (Å²) in [4.78, 5) is 0. The smallest absolute Gasteiger partial charge is 0.162 e. The summed E-state index contributed by atoms with van der Waals surface area (Å²) in [6.45, 7) is 10.3. The predicted molar refractivity (Wildman–Crippen MR) is 56.7 cm³/mol. The Labute approximate surface area is 91.3 Å². The van der Waals surface area contributed by atoms with Crippen molar-refractivity contribution in [3.63, 3.8) is 0 Å². The fourth-order valence-electron chi connectivity index (χ4n) is 1.75. The Hall–Kier alpha value is -0.160. The van der Waals surface area contributed by atoms with E-state index in [0.717, 1.165) is 33.0 Å². The second-order valence-electron chi connectivity index (χ2n) is 5.40. The number of hydrogen-bond donors (Lipinski definition) is 1. The fraction of sp³-hybridized carbons (Fsp3) is 1.00. The second-order valence-corrected chi connectivity index (χ2v) is 5.40. The topological polar surface area (TPSA) is 39.7 Å². The second kappa shape index (κ2) is 4.01. The Balaban J connectivity index is 1.68. The van der Waals surface area contributed by atoms with Gasteiger partial charge in [0.2, 0.25) is 0 Å². The third-order valence-corrected chi connectivity index (χ3v) is 2.98. The first-order valence-corrected chi connectivity index (χ1v) is 5.58. The molecule has 2 heterocycles. The first-order chi connectivity index (χ1) is 6.99. The lowest BCUT2D eigenvalue weighted by Crippen LogP contribution is -2.54. The van der Waals surface area contributed by atoms with Crippen molar-refractivity contribution in [3.05, 3.63) is 0 Å². The van der Waals surface area contributed by atoms with Crippen molar-refractivity contribution in [1.82, 2.24) is 5.32 Å². The van der Waals surface area contributed by atoms with Gasteiger partial charge in [-0.05, 0) is 13.8 Å². The van der Waals surface area contributed by atoms with Crippen LogP contribution in [0.2, 0.25) is 0 Å². The summed E-state index contributed by atoms with van der Waals surface area (Å²) < 4.78 is 16.4. The van der Waals surface area contributed by atoms with Crippen molar-refractivity contribution in [1.29, 1.82) is 0 Å². The van der Waals surface area contributed by atoms with E-state index in [0.29, 0.717) is 11.5 Å². The van der Waals surface area contributed by atoms with Crippen LogP contribution in [0.4, 0.5) is 0 Å². The van der Waals surface area contributed by atoms with Crippen molar-refractivity contribution >= 4 is 0 Å². The molecule has 0 aromatic carbocycles. The zero-order valence-electron chi connectivity index (χ0n) is 9.84. The molecule has 2 aliphatic rings. The molecule has 2 rings (SSSR count). The molecule has 0 bridgehead atoms. The van der Waals surface area contributed by atoms with Crippen LogP contribution in [0.3, 0.4) is 0 Å². The zero-order chi connectivity index (χ0) is 10.9. The molecule has 0 unspecified atom stereocenters. The molecular weight excluding hydrogens is 194 g/mol. The minimum Gasteiger partial charge on any atom is -0.380 e. The van der Waals surface area contributed by atoms with Gasteiger partial charge < -0.3 is 19.5 Å². The number of ether oxygens (including phenoxy) is 3. The lowest BCUT2D eigenvalue weighted by molar-refractivity contribution is -0.253. The molecule has 15 heavy (non-hydrogen) atoms. The molecule has 4 heteroatoms. The minimum absolute atomic E-state index is 0.312. The van der Waals surface area contributed by atoms with E-state index in [9.17, 15) is 0 Å². The van der Waals surface area contributed by atoms with Crippen LogP contribution in [0.25, 0.3) is 0 Å². The highest BCUT2D eigenvalue weighted by atomic mass is 16.7. The van der Waals surface area contributed by atoms with E-state index in [1.165, 1.54) is 0 Å². The highest BCUT2D eigenvalue weighted by molar-refractivity contribution is 4.85. The largest absolute Gasteiger partial charge is 0.380 e. The van der Waals surface area contributed by atoms with Crippen LogP contribution in [-0.4, -0.2) is 44.8 Å². The zero-order valence-corrected chi connectivity index (χ0v) is 9.84. The summed E-state index contributed by atoms with van der Waals surface area (Å²) in [6, 6.07) is 0.315. The van der Waals surface area contributed by atoms with E-state index in [2.05, 4.69) is 12.2 Å². The summed E-state index contributed by atoms with van der Waals surface area (Å²) in [5, 5.41) is 3.47. The fourth-order valence-corrected chi connectivity index (χ4v) is 1.75. The van der Waals surface area contributed by atoms with Crippen molar-refractivity contribution in [3.8, 4) is 0 Å². The Morgan fingerprint density at radius 3 is 2.20 bits per heavy atom. The van der Waals surface area contributed by atoms with Gasteiger partial charge in [-0.2, -0.15) is 0 Å². The SMILES string of the molecule is CC1(CNC2COC(C)(C)OC2)COC1. The molecule has 0 atom stereocenters. The Bertz CT molecular complexity index is 216. The van der Waals surface area contributed by atoms with E-state index in [4.69, 9.17) is 14.2 Å². The number of rotatable bonds is 3. The standard InChI is InChI=1S/C11H21NO3/c1-10(2)14-4-9(5-15-10)12-6-11(3)7-13-8-11/h9,12H,4-8H2,1-3H3. The van der Waals surface area contributed by atoms with Gasteiger partial charge in [0.25, 0.3) is 0 Å². The van der Waals surface area contributed by atoms with E-state index >= 15 is 0 Å². The Morgan fingerprint density at radius 1 is 1.13 bits per heavy atom. The lowest BCUT2D eigenvalue weighted by Gasteiger charge is -2.41. The van der Waals surface area contributed by atoms with Gasteiger partial charge in [-0.3, -0.25) is 0 Å². The third kappa shape index (κ3) is 2.91. The van der Waals surface area contributed by atoms with Gasteiger partial charge in [-0.15, -0.1) is 0 Å². The molecule has 0 amide bonds. The van der Waals surface area contributed by atoms with Crippen molar-refractivity contribution in [2.45, 2.75) is 32.6 Å². The number of nitrogens with one attached hydrogen (secondary N) is 1. The molecule has 0 aromatic rings. The average Bonchev–Trinajstić information content (AvgIpc) is 2.13. The molecule has 0 spiro atoms. The first-order valence-electron chi connectivity index (χ1n) is 5.58. The van der Waals surface area contributed by atoms with Gasteiger partial charge in [-0.25, -0.2) is 0 Å². The Morgan fingerprint density at radius 2 is 1.73 bits per heavy atom. The van der Waals surface area contributed by atoms with Crippen molar-refractivity contribution in [2.24, 2.45) is 5.41 Å². The molecule has 2 aliphatic heterocycles. The molecule has 2 saturated heterocycles. The highest BCUT2D eigenvalue weighted by Crippen LogP contribution is 2.25. The van der Waals surface area contributed by atoms with Gasteiger partial charge in [0.1, 0.15) is 0 Å². The molecule has 2 fully saturated rings. The molecule has 0 aromatic heterocycles. The van der Waals surface area contributed by atoms with Crippen LogP contribution in [0.1, 0.15) is 20.8 Å². The van der Waals surface area contributed by atoms with Gasteiger partial charge >= 0.3 is 0 Å². The third-order valence-electron chi connectivity index (χ3n) is 2.98. The molecule has 0 radical (unpaired) electrons. The molecule has 0 aliphatic carbocycles. The molecular formula is C11H21NO3.